The quantitative estimate of drug-likeness (QED) is 0.321. The molecule has 0 spiro atoms. The molecule has 0 bridgehead atoms. The van der Waals surface area contributed by atoms with E-state index < -0.39 is 17.8 Å². The summed E-state index contributed by atoms with van der Waals surface area (Å²) in [7, 11) is 0. The second kappa shape index (κ2) is 1.59. The van der Waals surface area contributed by atoms with Crippen LogP contribution in [0.15, 0.2) is 5.83 Å². The molecule has 0 aromatic heterocycles. The number of hydrogen-bond acceptors (Lipinski definition) is 2. The molecule has 56 valence electrons. The Morgan fingerprint density at radius 3 is 1.90 bits per heavy atom. The smallest absolute Gasteiger partial charge is 0.264 e. The molecule has 1 atom stereocenters. The van der Waals surface area contributed by atoms with E-state index in [-0.39, 0.29) is 0 Å². The summed E-state index contributed by atoms with van der Waals surface area (Å²) in [6, 6.07) is 0. The predicted octanol–water partition coefficient (Wildman–Crippen LogP) is 0.960. The summed E-state index contributed by atoms with van der Waals surface area (Å²) >= 11 is 0. The number of halogens is 4. The zero-order chi connectivity index (χ0) is 7.99. The van der Waals surface area contributed by atoms with Gasteiger partial charge in [0, 0.05) is 0 Å². The molecule has 1 aliphatic heterocycles. The second-order valence-corrected chi connectivity index (χ2v) is 1.63. The standard InChI is InChI=1S/C4F4O2/c5-2(1-9)3(6)4(7,8)10-3. The molecule has 0 N–H and O–H groups in total. The van der Waals surface area contributed by atoms with Gasteiger partial charge in [0.15, 0.2) is 5.94 Å². The Morgan fingerprint density at radius 1 is 1.40 bits per heavy atom. The lowest BCUT2D eigenvalue weighted by Crippen LogP contribution is -2.12. The van der Waals surface area contributed by atoms with Crippen molar-refractivity contribution in [1.82, 2.24) is 0 Å². The van der Waals surface area contributed by atoms with Crippen molar-refractivity contribution in [1.29, 1.82) is 0 Å². The van der Waals surface area contributed by atoms with E-state index in [0.717, 1.165) is 0 Å². The molecule has 2 nitrogen and oxygen atoms in total. The molecule has 0 aliphatic carbocycles. The average molecular weight is 156 g/mol. The van der Waals surface area contributed by atoms with Crippen molar-refractivity contribution in [3.05, 3.63) is 5.83 Å². The molecule has 0 aromatic rings. The van der Waals surface area contributed by atoms with E-state index in [9.17, 15) is 22.4 Å². The Morgan fingerprint density at radius 2 is 1.80 bits per heavy atom. The van der Waals surface area contributed by atoms with Gasteiger partial charge in [-0.2, -0.15) is 17.6 Å². The van der Waals surface area contributed by atoms with Gasteiger partial charge in [-0.25, -0.2) is 4.79 Å². The highest BCUT2D eigenvalue weighted by Gasteiger charge is 2.81. The number of hydrogen-bond donors (Lipinski definition) is 0. The minimum Gasteiger partial charge on any atom is -0.264 e. The summed E-state index contributed by atoms with van der Waals surface area (Å²) in [5.74, 6) is -5.78. The Hall–Kier alpha value is -0.870. The summed E-state index contributed by atoms with van der Waals surface area (Å²) in [6.07, 6.45) is -4.21. The monoisotopic (exact) mass is 156 g/mol. The van der Waals surface area contributed by atoms with Gasteiger partial charge in [-0.3, -0.25) is 4.74 Å². The zero-order valence-electron chi connectivity index (χ0n) is 4.33. The van der Waals surface area contributed by atoms with Gasteiger partial charge < -0.3 is 0 Å². The predicted molar refractivity (Wildman–Crippen MR) is 20.2 cm³/mol. The van der Waals surface area contributed by atoms with Crippen molar-refractivity contribution in [2.45, 2.75) is 12.0 Å². The van der Waals surface area contributed by atoms with E-state index in [1.54, 1.807) is 0 Å². The van der Waals surface area contributed by atoms with Gasteiger partial charge in [0.1, 0.15) is 0 Å². The largest absolute Gasteiger partial charge is 0.425 e. The van der Waals surface area contributed by atoms with Crippen LogP contribution in [0.2, 0.25) is 0 Å². The minimum absolute atomic E-state index is 0.343. The number of rotatable bonds is 1. The van der Waals surface area contributed by atoms with Crippen LogP contribution in [0.5, 0.6) is 0 Å². The molecule has 1 heterocycles. The molecule has 1 fully saturated rings. The van der Waals surface area contributed by atoms with E-state index in [1.807, 2.05) is 0 Å². The van der Waals surface area contributed by atoms with Crippen LogP contribution in [0.4, 0.5) is 17.6 Å². The van der Waals surface area contributed by atoms with Crippen LogP contribution in [0, 0.1) is 0 Å². The minimum atomic E-state index is -4.21. The molecular weight excluding hydrogens is 156 g/mol. The van der Waals surface area contributed by atoms with Gasteiger partial charge in [-0.1, -0.05) is 0 Å². The molecule has 0 saturated carbocycles. The van der Waals surface area contributed by atoms with Crippen LogP contribution < -0.4 is 0 Å². The highest BCUT2D eigenvalue weighted by atomic mass is 19.3. The molecule has 6 heteroatoms. The number of epoxide rings is 1. The van der Waals surface area contributed by atoms with E-state index in [2.05, 4.69) is 4.74 Å². The third-order valence-corrected chi connectivity index (χ3v) is 0.973. The van der Waals surface area contributed by atoms with Crippen molar-refractivity contribution in [2.24, 2.45) is 0 Å². The van der Waals surface area contributed by atoms with Gasteiger partial charge >= 0.3 is 12.0 Å². The number of alkyl halides is 3. The van der Waals surface area contributed by atoms with Crippen molar-refractivity contribution in [3.8, 4) is 0 Å². The fraction of sp³-hybridized carbons (Fsp3) is 0.500. The van der Waals surface area contributed by atoms with Gasteiger partial charge in [0.2, 0.25) is 0 Å². The molecule has 0 amide bonds. The number of ether oxygens (including phenoxy) is 1. The second-order valence-electron chi connectivity index (χ2n) is 1.63. The maximum Gasteiger partial charge on any atom is 0.425 e. The van der Waals surface area contributed by atoms with Crippen LogP contribution in [0.25, 0.3) is 0 Å². The highest BCUT2D eigenvalue weighted by molar-refractivity contribution is 5.53. The van der Waals surface area contributed by atoms with Gasteiger partial charge in [0.05, 0.1) is 0 Å². The van der Waals surface area contributed by atoms with E-state index >= 15 is 0 Å². The van der Waals surface area contributed by atoms with Gasteiger partial charge in [-0.15, -0.1) is 0 Å². The van der Waals surface area contributed by atoms with Crippen LogP contribution in [0.1, 0.15) is 0 Å². The van der Waals surface area contributed by atoms with Crippen LogP contribution >= 0.6 is 0 Å². The summed E-state index contributed by atoms with van der Waals surface area (Å²) in [5, 5.41) is 0. The van der Waals surface area contributed by atoms with Crippen molar-refractivity contribution in [2.75, 3.05) is 0 Å². The third kappa shape index (κ3) is 0.661. The average Bonchev–Trinajstić information content (AvgIpc) is 2.32. The fourth-order valence-electron chi connectivity index (χ4n) is 0.389. The Bertz CT molecular complexity index is 219. The lowest BCUT2D eigenvalue weighted by Gasteiger charge is -1.89. The lowest BCUT2D eigenvalue weighted by molar-refractivity contribution is -0.00101. The first-order valence-electron chi connectivity index (χ1n) is 2.12. The SMILES string of the molecule is O=C=C(F)C1(F)OC1(F)F. The normalized spacial score (nSPS) is 34.8. The summed E-state index contributed by atoms with van der Waals surface area (Å²) in [4.78, 5) is 9.29. The Labute approximate surface area is 52.1 Å². The van der Waals surface area contributed by atoms with Crippen molar-refractivity contribution in [3.63, 3.8) is 0 Å². The van der Waals surface area contributed by atoms with E-state index in [0.29, 0.717) is 5.94 Å². The summed E-state index contributed by atoms with van der Waals surface area (Å²) in [6.45, 7) is 0. The Kier molecular flexibility index (Phi) is 1.15. The highest BCUT2D eigenvalue weighted by Crippen LogP contribution is 2.55. The van der Waals surface area contributed by atoms with E-state index in [1.165, 1.54) is 0 Å². The van der Waals surface area contributed by atoms with E-state index in [4.69, 9.17) is 0 Å². The van der Waals surface area contributed by atoms with Crippen LogP contribution in [-0.2, 0) is 9.53 Å². The number of carbonyl (C=O) groups excluding carboxylic acids is 1. The van der Waals surface area contributed by atoms with Crippen molar-refractivity contribution >= 4 is 5.94 Å². The fourth-order valence-corrected chi connectivity index (χ4v) is 0.389. The molecular formula is C4F4O2. The molecule has 1 unspecified atom stereocenters. The van der Waals surface area contributed by atoms with Crippen LogP contribution in [0.3, 0.4) is 0 Å². The van der Waals surface area contributed by atoms with Gasteiger partial charge in [-0.05, 0) is 0 Å². The first kappa shape index (κ1) is 7.24. The topological polar surface area (TPSA) is 29.6 Å². The zero-order valence-corrected chi connectivity index (χ0v) is 4.33. The van der Waals surface area contributed by atoms with Crippen LogP contribution in [-0.4, -0.2) is 17.9 Å². The van der Waals surface area contributed by atoms with Gasteiger partial charge in [0.25, 0.3) is 5.83 Å². The van der Waals surface area contributed by atoms with Crippen molar-refractivity contribution < 1.29 is 27.1 Å². The molecule has 0 radical (unpaired) electrons. The Balaban J connectivity index is 2.88. The first-order valence-corrected chi connectivity index (χ1v) is 2.12. The summed E-state index contributed by atoms with van der Waals surface area (Å²) < 4.78 is 49.9. The molecule has 0 aromatic carbocycles. The molecule has 1 aliphatic rings. The summed E-state index contributed by atoms with van der Waals surface area (Å²) in [5.41, 5.74) is 0. The first-order chi connectivity index (χ1) is 4.44. The molecule has 10 heavy (non-hydrogen) atoms. The molecule has 1 saturated heterocycles. The molecule has 1 rings (SSSR count). The maximum absolute atomic E-state index is 12.0. The maximum atomic E-state index is 12.0. The third-order valence-electron chi connectivity index (χ3n) is 0.973. The lowest BCUT2D eigenvalue weighted by atomic mass is 10.4.